The Morgan fingerprint density at radius 3 is 2.53 bits per heavy atom. The van der Waals surface area contributed by atoms with E-state index in [0.717, 1.165) is 6.26 Å². The average Bonchev–Trinajstić information content (AvgIpc) is 2.20. The molecule has 0 unspecified atom stereocenters. The minimum atomic E-state index is -3.70. The molecule has 0 fully saturated rings. The van der Waals surface area contributed by atoms with Gasteiger partial charge in [-0.2, -0.15) is 8.42 Å². The number of nitrogen functional groups attached to an aromatic ring is 1. The molecule has 1 atom stereocenters. The van der Waals surface area contributed by atoms with Crippen molar-refractivity contribution in [2.24, 2.45) is 5.73 Å². The van der Waals surface area contributed by atoms with Crippen LogP contribution >= 0.6 is 0 Å². The first-order valence-corrected chi connectivity index (χ1v) is 7.13. The lowest BCUT2D eigenvalue weighted by Crippen LogP contribution is -2.46. The van der Waals surface area contributed by atoms with Crippen molar-refractivity contribution < 1.29 is 22.5 Å². The number of hydrogen-bond donors (Lipinski definition) is 3. The molecule has 0 heterocycles. The normalized spacial score (nSPS) is 14.7. The van der Waals surface area contributed by atoms with Crippen molar-refractivity contribution in [1.82, 2.24) is 0 Å². The number of carbonyl (C=O) groups is 1. The van der Waals surface area contributed by atoms with Crippen LogP contribution < -0.4 is 15.7 Å². The van der Waals surface area contributed by atoms with E-state index in [-0.39, 0.29) is 17.9 Å². The van der Waals surface area contributed by atoms with Crippen LogP contribution in [-0.4, -0.2) is 31.3 Å². The van der Waals surface area contributed by atoms with Crippen LogP contribution in [0.2, 0.25) is 0 Å². The van der Waals surface area contributed by atoms with Gasteiger partial charge in [0, 0.05) is 6.42 Å². The van der Waals surface area contributed by atoms with Gasteiger partial charge in [0.05, 0.1) is 11.9 Å². The number of aliphatic carboxylic acids is 1. The first-order valence-electron chi connectivity index (χ1n) is 5.31. The summed E-state index contributed by atoms with van der Waals surface area (Å²) in [6, 6.07) is 4.37. The lowest BCUT2D eigenvalue weighted by molar-refractivity contribution is -0.142. The summed E-state index contributed by atoms with van der Waals surface area (Å²) in [4.78, 5) is 10.9. The highest BCUT2D eigenvalue weighted by Crippen LogP contribution is 2.25. The van der Waals surface area contributed by atoms with Gasteiger partial charge in [0.1, 0.15) is 5.54 Å². The molecule has 1 aromatic rings. The molecule has 0 amide bonds. The van der Waals surface area contributed by atoms with E-state index < -0.39 is 21.6 Å². The highest BCUT2D eigenvalue weighted by atomic mass is 32.2. The van der Waals surface area contributed by atoms with E-state index in [9.17, 15) is 13.2 Å². The van der Waals surface area contributed by atoms with E-state index in [1.54, 1.807) is 6.07 Å². The lowest BCUT2D eigenvalue weighted by Gasteiger charge is -2.19. The molecule has 8 heteroatoms. The third kappa shape index (κ3) is 4.42. The molecule has 0 bridgehead atoms. The van der Waals surface area contributed by atoms with E-state index in [4.69, 9.17) is 20.8 Å². The fourth-order valence-corrected chi connectivity index (χ4v) is 1.89. The minimum absolute atomic E-state index is 0.0166. The predicted octanol–water partition coefficient (Wildman–Crippen LogP) is -0.0483. The number of carboxylic acid groups (broad SMARTS) is 1. The van der Waals surface area contributed by atoms with Gasteiger partial charge in [0.15, 0.2) is 5.75 Å². The van der Waals surface area contributed by atoms with Crippen LogP contribution in [0.3, 0.4) is 0 Å². The molecule has 0 aliphatic carbocycles. The van der Waals surface area contributed by atoms with Gasteiger partial charge in [-0.05, 0) is 24.6 Å². The fourth-order valence-electron chi connectivity index (χ4n) is 1.42. The van der Waals surface area contributed by atoms with Crippen LogP contribution in [0.1, 0.15) is 12.5 Å². The molecule has 5 N–H and O–H groups in total. The van der Waals surface area contributed by atoms with Crippen LogP contribution in [0.5, 0.6) is 5.75 Å². The van der Waals surface area contributed by atoms with Gasteiger partial charge in [-0.3, -0.25) is 4.79 Å². The summed E-state index contributed by atoms with van der Waals surface area (Å²) in [5.74, 6) is -1.20. The highest BCUT2D eigenvalue weighted by molar-refractivity contribution is 7.86. The molecule has 0 saturated carbocycles. The summed E-state index contributed by atoms with van der Waals surface area (Å²) < 4.78 is 26.8. The third-order valence-electron chi connectivity index (χ3n) is 2.38. The Kier molecular flexibility index (Phi) is 4.06. The summed E-state index contributed by atoms with van der Waals surface area (Å²) in [6.07, 6.45) is 0.909. The molecule has 0 spiro atoms. The lowest BCUT2D eigenvalue weighted by atomic mass is 9.94. The molecule has 0 aliphatic heterocycles. The Labute approximate surface area is 111 Å². The summed E-state index contributed by atoms with van der Waals surface area (Å²) >= 11 is 0. The smallest absolute Gasteiger partial charge is 0.323 e. The molecule has 7 nitrogen and oxygen atoms in total. The first-order chi connectivity index (χ1) is 8.51. The van der Waals surface area contributed by atoms with Gasteiger partial charge in [0.25, 0.3) is 0 Å². The molecule has 1 aromatic carbocycles. The molecule has 0 aromatic heterocycles. The van der Waals surface area contributed by atoms with Crippen molar-refractivity contribution in [2.45, 2.75) is 18.9 Å². The zero-order valence-electron chi connectivity index (χ0n) is 10.6. The Hall–Kier alpha value is -1.80. The molecule has 0 radical (unpaired) electrons. The Balaban J connectivity index is 3.06. The van der Waals surface area contributed by atoms with Gasteiger partial charge in [-0.15, -0.1) is 0 Å². The monoisotopic (exact) mass is 288 g/mol. The van der Waals surface area contributed by atoms with Crippen molar-refractivity contribution in [2.75, 3.05) is 12.0 Å². The fraction of sp³-hybridized carbons (Fsp3) is 0.364. The van der Waals surface area contributed by atoms with E-state index in [0.29, 0.717) is 5.56 Å². The summed E-state index contributed by atoms with van der Waals surface area (Å²) in [6.45, 7) is 1.36. The maximum absolute atomic E-state index is 11.1. The Morgan fingerprint density at radius 1 is 1.47 bits per heavy atom. The van der Waals surface area contributed by atoms with Crippen molar-refractivity contribution >= 4 is 21.8 Å². The van der Waals surface area contributed by atoms with Gasteiger partial charge >= 0.3 is 16.1 Å². The second-order valence-corrected chi connectivity index (χ2v) is 6.13. The van der Waals surface area contributed by atoms with Crippen molar-refractivity contribution in [3.05, 3.63) is 23.8 Å². The topological polar surface area (TPSA) is 133 Å². The average molecular weight is 288 g/mol. The Bertz CT molecular complexity index is 595. The van der Waals surface area contributed by atoms with E-state index >= 15 is 0 Å². The standard InChI is InChI=1S/C11H16N2O5S/c1-11(13,10(14)15)6-7-3-4-8(12)9(5-7)18-19(2,16)17/h3-5H,6,12-13H2,1-2H3,(H,14,15)/t11-/m0/s1. The quantitative estimate of drug-likeness (QED) is 0.511. The summed E-state index contributed by atoms with van der Waals surface area (Å²) in [7, 11) is -3.70. The van der Waals surface area contributed by atoms with Gasteiger partial charge in [0.2, 0.25) is 0 Å². The van der Waals surface area contributed by atoms with Gasteiger partial charge in [-0.25, -0.2) is 0 Å². The van der Waals surface area contributed by atoms with Crippen molar-refractivity contribution in [3.63, 3.8) is 0 Å². The number of benzene rings is 1. The van der Waals surface area contributed by atoms with Crippen LogP contribution in [-0.2, 0) is 21.3 Å². The third-order valence-corrected chi connectivity index (χ3v) is 2.86. The van der Waals surface area contributed by atoms with Crippen LogP contribution in [0.25, 0.3) is 0 Å². The van der Waals surface area contributed by atoms with Crippen LogP contribution in [0.15, 0.2) is 18.2 Å². The van der Waals surface area contributed by atoms with Crippen molar-refractivity contribution in [3.8, 4) is 5.75 Å². The molecule has 1 rings (SSSR count). The number of rotatable bonds is 5. The number of hydrogen-bond acceptors (Lipinski definition) is 6. The van der Waals surface area contributed by atoms with Crippen molar-refractivity contribution in [1.29, 1.82) is 0 Å². The zero-order chi connectivity index (χ0) is 14.8. The highest BCUT2D eigenvalue weighted by Gasteiger charge is 2.28. The molecule has 19 heavy (non-hydrogen) atoms. The second-order valence-electron chi connectivity index (χ2n) is 4.56. The van der Waals surface area contributed by atoms with Gasteiger partial charge in [-0.1, -0.05) is 6.07 Å². The molecule has 0 aliphatic rings. The maximum atomic E-state index is 11.1. The molecular formula is C11H16N2O5S. The Morgan fingerprint density at radius 2 is 2.05 bits per heavy atom. The van der Waals surface area contributed by atoms with E-state index in [2.05, 4.69) is 0 Å². The van der Waals surface area contributed by atoms with Crippen LogP contribution in [0, 0.1) is 0 Å². The summed E-state index contributed by atoms with van der Waals surface area (Å²) in [5, 5.41) is 8.94. The predicted molar refractivity (Wildman–Crippen MR) is 70.3 cm³/mol. The van der Waals surface area contributed by atoms with E-state index in [1.165, 1.54) is 19.1 Å². The zero-order valence-corrected chi connectivity index (χ0v) is 11.4. The first kappa shape index (κ1) is 15.3. The molecule has 0 saturated heterocycles. The molecule has 106 valence electrons. The van der Waals surface area contributed by atoms with Gasteiger partial charge < -0.3 is 20.8 Å². The largest absolute Gasteiger partial charge is 0.480 e. The molecular weight excluding hydrogens is 272 g/mol. The number of nitrogens with two attached hydrogens (primary N) is 2. The number of anilines is 1. The summed E-state index contributed by atoms with van der Waals surface area (Å²) in [5.41, 5.74) is 10.4. The van der Waals surface area contributed by atoms with E-state index in [1.807, 2.05) is 0 Å². The minimum Gasteiger partial charge on any atom is -0.480 e. The SMILES string of the molecule is C[C@](N)(Cc1ccc(N)c(OS(C)(=O)=O)c1)C(=O)O. The number of carboxylic acids is 1. The maximum Gasteiger partial charge on any atom is 0.323 e. The van der Waals surface area contributed by atoms with Crippen LogP contribution in [0.4, 0.5) is 5.69 Å². The second kappa shape index (κ2) is 5.06.